The zero-order valence-electron chi connectivity index (χ0n) is 18.2. The second-order valence-corrected chi connectivity index (χ2v) is 9.43. The van der Waals surface area contributed by atoms with E-state index in [0.29, 0.717) is 42.5 Å². The molecule has 0 saturated carbocycles. The van der Waals surface area contributed by atoms with Crippen LogP contribution in [0.2, 0.25) is 5.02 Å². The van der Waals surface area contributed by atoms with Gasteiger partial charge in [0.2, 0.25) is 5.91 Å². The molecule has 0 bridgehead atoms. The van der Waals surface area contributed by atoms with Crippen LogP contribution in [0.3, 0.4) is 0 Å². The zero-order valence-corrected chi connectivity index (χ0v) is 19.8. The van der Waals surface area contributed by atoms with Gasteiger partial charge >= 0.3 is 0 Å². The van der Waals surface area contributed by atoms with Gasteiger partial charge in [-0.25, -0.2) is 4.39 Å². The highest BCUT2D eigenvalue weighted by molar-refractivity contribution is 7.80. The van der Waals surface area contributed by atoms with E-state index in [1.54, 1.807) is 6.07 Å². The molecule has 2 amide bonds. The van der Waals surface area contributed by atoms with Crippen molar-refractivity contribution in [1.82, 2.24) is 10.2 Å². The minimum Gasteiger partial charge on any atom is -0.367 e. The summed E-state index contributed by atoms with van der Waals surface area (Å²) in [5, 5.41) is 6.14. The average Bonchev–Trinajstić information content (AvgIpc) is 2.73. The summed E-state index contributed by atoms with van der Waals surface area (Å²) in [7, 11) is 0. The van der Waals surface area contributed by atoms with Gasteiger partial charge in [-0.3, -0.25) is 14.9 Å². The number of carbonyl (C=O) groups excluding carboxylic acids is 2. The number of nitrogens with zero attached hydrogens (tertiary/aromatic N) is 2. The molecule has 3 rings (SSSR count). The first-order valence-electron chi connectivity index (χ1n) is 10.3. The summed E-state index contributed by atoms with van der Waals surface area (Å²) in [6.45, 7) is 8.46. The van der Waals surface area contributed by atoms with Crippen LogP contribution in [-0.2, 0) is 4.79 Å². The van der Waals surface area contributed by atoms with Gasteiger partial charge in [0.15, 0.2) is 5.11 Å². The van der Waals surface area contributed by atoms with Crippen LogP contribution in [0.15, 0.2) is 42.5 Å². The molecular weight excluding hydrogens is 451 g/mol. The van der Waals surface area contributed by atoms with E-state index in [2.05, 4.69) is 15.5 Å². The quantitative estimate of drug-likeness (QED) is 0.646. The number of amides is 2. The van der Waals surface area contributed by atoms with Gasteiger partial charge in [-0.1, -0.05) is 32.4 Å². The van der Waals surface area contributed by atoms with Crippen LogP contribution < -0.4 is 15.5 Å². The summed E-state index contributed by atoms with van der Waals surface area (Å²) >= 11 is 11.7. The number of nitrogens with one attached hydrogen (secondary N) is 2. The minimum absolute atomic E-state index is 0.109. The van der Waals surface area contributed by atoms with Gasteiger partial charge in [0.05, 0.1) is 10.7 Å². The maximum Gasteiger partial charge on any atom is 0.257 e. The summed E-state index contributed by atoms with van der Waals surface area (Å²) in [5.41, 5.74) is 1.41. The third kappa shape index (κ3) is 5.95. The molecule has 2 aromatic carbocycles. The molecule has 2 N–H and O–H groups in total. The minimum atomic E-state index is -0.437. The van der Waals surface area contributed by atoms with Crippen LogP contribution in [0.1, 0.15) is 31.1 Å². The fraction of sp³-hybridized carbons (Fsp3) is 0.348. The van der Waals surface area contributed by atoms with Crippen molar-refractivity contribution >= 4 is 52.1 Å². The maximum absolute atomic E-state index is 13.0. The highest BCUT2D eigenvalue weighted by atomic mass is 35.5. The predicted molar refractivity (Wildman–Crippen MR) is 130 cm³/mol. The molecule has 2 aromatic rings. The van der Waals surface area contributed by atoms with Crippen LogP contribution in [0.25, 0.3) is 0 Å². The number of piperazine rings is 1. The molecule has 0 aliphatic carbocycles. The Bertz CT molecular complexity index is 1020. The maximum atomic E-state index is 13.0. The lowest BCUT2D eigenvalue weighted by Gasteiger charge is -2.39. The first kappa shape index (κ1) is 23.9. The van der Waals surface area contributed by atoms with Gasteiger partial charge in [0.1, 0.15) is 5.82 Å². The summed E-state index contributed by atoms with van der Waals surface area (Å²) in [6.07, 6.45) is 0. The molecule has 0 spiro atoms. The summed E-state index contributed by atoms with van der Waals surface area (Å²) < 4.78 is 13.0. The molecule has 1 fully saturated rings. The smallest absolute Gasteiger partial charge is 0.257 e. The third-order valence-electron chi connectivity index (χ3n) is 5.09. The molecule has 1 aliphatic heterocycles. The SMILES string of the molecule is CC(C)(C)C(=O)N1CCN(c2ccc(NC(=S)NC(=O)c3ccc(F)cc3)cc2Cl)CC1. The van der Waals surface area contributed by atoms with Crippen molar-refractivity contribution in [2.75, 3.05) is 36.4 Å². The number of benzene rings is 2. The largest absolute Gasteiger partial charge is 0.367 e. The molecular formula is C23H26ClFN4O2S. The molecule has 0 unspecified atom stereocenters. The second kappa shape index (κ2) is 9.83. The second-order valence-electron chi connectivity index (χ2n) is 8.61. The van der Waals surface area contributed by atoms with E-state index in [-0.39, 0.29) is 11.0 Å². The van der Waals surface area contributed by atoms with E-state index in [1.165, 1.54) is 24.3 Å². The number of hydrogen-bond acceptors (Lipinski definition) is 4. The van der Waals surface area contributed by atoms with E-state index in [1.807, 2.05) is 37.8 Å². The van der Waals surface area contributed by atoms with Gasteiger partial charge < -0.3 is 15.1 Å². The average molecular weight is 477 g/mol. The molecule has 0 atom stereocenters. The van der Waals surface area contributed by atoms with E-state index in [9.17, 15) is 14.0 Å². The molecule has 0 radical (unpaired) electrons. The summed E-state index contributed by atoms with van der Waals surface area (Å²) in [6, 6.07) is 10.6. The number of hydrogen-bond donors (Lipinski definition) is 2. The monoisotopic (exact) mass is 476 g/mol. The van der Waals surface area contributed by atoms with E-state index in [0.717, 1.165) is 5.69 Å². The lowest BCUT2D eigenvalue weighted by Crippen LogP contribution is -2.51. The first-order chi connectivity index (χ1) is 15.0. The molecule has 32 heavy (non-hydrogen) atoms. The van der Waals surface area contributed by atoms with Gasteiger partial charge in [-0.15, -0.1) is 0 Å². The Morgan fingerprint density at radius 2 is 1.66 bits per heavy atom. The first-order valence-corrected chi connectivity index (χ1v) is 11.0. The van der Waals surface area contributed by atoms with Crippen LogP contribution in [0, 0.1) is 11.2 Å². The van der Waals surface area contributed by atoms with Gasteiger partial charge in [-0.05, 0) is 54.7 Å². The highest BCUT2D eigenvalue weighted by Crippen LogP contribution is 2.30. The molecule has 1 heterocycles. The Balaban J connectivity index is 1.57. The molecule has 1 aliphatic rings. The normalized spacial score (nSPS) is 14.2. The highest BCUT2D eigenvalue weighted by Gasteiger charge is 2.30. The zero-order chi connectivity index (χ0) is 23.5. The Morgan fingerprint density at radius 3 is 2.22 bits per heavy atom. The van der Waals surface area contributed by atoms with Crippen molar-refractivity contribution in [2.24, 2.45) is 5.41 Å². The topological polar surface area (TPSA) is 64.7 Å². The number of anilines is 2. The van der Waals surface area contributed by atoms with E-state index >= 15 is 0 Å². The van der Waals surface area contributed by atoms with Crippen molar-refractivity contribution < 1.29 is 14.0 Å². The third-order valence-corrected chi connectivity index (χ3v) is 5.60. The Kier molecular flexibility index (Phi) is 7.36. The fourth-order valence-electron chi connectivity index (χ4n) is 3.40. The van der Waals surface area contributed by atoms with Gasteiger partial charge in [0.25, 0.3) is 5.91 Å². The van der Waals surface area contributed by atoms with Crippen LogP contribution >= 0.6 is 23.8 Å². The van der Waals surface area contributed by atoms with E-state index < -0.39 is 17.1 Å². The molecule has 0 aromatic heterocycles. The number of carbonyl (C=O) groups is 2. The van der Waals surface area contributed by atoms with Crippen molar-refractivity contribution in [1.29, 1.82) is 0 Å². The summed E-state index contributed by atoms with van der Waals surface area (Å²) in [5.74, 6) is -0.703. The Labute approximate surface area is 197 Å². The molecule has 9 heteroatoms. The summed E-state index contributed by atoms with van der Waals surface area (Å²) in [4.78, 5) is 28.7. The number of halogens is 2. The Hall–Kier alpha value is -2.71. The molecule has 6 nitrogen and oxygen atoms in total. The van der Waals surface area contributed by atoms with Crippen LogP contribution in [0.5, 0.6) is 0 Å². The van der Waals surface area contributed by atoms with Gasteiger partial charge in [-0.2, -0.15) is 0 Å². The van der Waals surface area contributed by atoms with Crippen molar-refractivity contribution in [3.05, 3.63) is 58.9 Å². The lowest BCUT2D eigenvalue weighted by atomic mass is 9.94. The lowest BCUT2D eigenvalue weighted by molar-refractivity contribution is -0.139. The number of thiocarbonyl (C=S) groups is 1. The fourth-order valence-corrected chi connectivity index (χ4v) is 3.92. The van der Waals surface area contributed by atoms with Crippen LogP contribution in [0.4, 0.5) is 15.8 Å². The Morgan fingerprint density at radius 1 is 1.03 bits per heavy atom. The van der Waals surface area contributed by atoms with Crippen molar-refractivity contribution in [3.8, 4) is 0 Å². The van der Waals surface area contributed by atoms with E-state index in [4.69, 9.17) is 23.8 Å². The van der Waals surface area contributed by atoms with Gasteiger partial charge in [0, 0.05) is 42.8 Å². The standard InChI is InChI=1S/C23H26ClFN4O2S/c1-23(2,3)21(31)29-12-10-28(11-13-29)19-9-8-17(14-18(19)24)26-22(32)27-20(30)15-4-6-16(25)7-5-15/h4-9,14H,10-13H2,1-3H3,(H2,26,27,30,32). The molecule has 170 valence electrons. The predicted octanol–water partition coefficient (Wildman–Crippen LogP) is 4.30. The molecule has 1 saturated heterocycles. The van der Waals surface area contributed by atoms with Crippen molar-refractivity contribution in [3.63, 3.8) is 0 Å². The number of rotatable bonds is 3. The van der Waals surface area contributed by atoms with Crippen molar-refractivity contribution in [2.45, 2.75) is 20.8 Å². The van der Waals surface area contributed by atoms with Crippen LogP contribution in [-0.4, -0.2) is 48.0 Å².